The van der Waals surface area contributed by atoms with Crippen molar-refractivity contribution in [2.75, 3.05) is 30.8 Å². The SMILES string of the molecule is CCCCCN1/C(=C/C2=C(NC(CS(=O)(=O)[O-])C(=O)NCCCCC(=O)O)C(=C/C3=[N+](C)c4ccccc4C3(C)C)/C2=O)C(C)(C)c2ccccc21. The number of carbonyl (C=O) groups is 3. The number of carboxylic acids is 1. The van der Waals surface area contributed by atoms with E-state index in [1.165, 1.54) is 0 Å². The quantitative estimate of drug-likeness (QED) is 0.0914. The molecule has 0 spiro atoms. The van der Waals surface area contributed by atoms with Gasteiger partial charge >= 0.3 is 5.97 Å². The van der Waals surface area contributed by atoms with Gasteiger partial charge in [-0.1, -0.05) is 70.0 Å². The topological polar surface area (TPSA) is 159 Å². The van der Waals surface area contributed by atoms with E-state index in [9.17, 15) is 27.4 Å². The highest BCUT2D eigenvalue weighted by Crippen LogP contribution is 2.49. The Balaban J connectivity index is 1.61. The van der Waals surface area contributed by atoms with Gasteiger partial charge in [-0.25, -0.2) is 8.42 Å². The third-order valence-electron chi connectivity index (χ3n) is 10.4. The summed E-state index contributed by atoms with van der Waals surface area (Å²) in [7, 11) is -2.96. The van der Waals surface area contributed by atoms with E-state index in [1.807, 2.05) is 54.1 Å². The fourth-order valence-corrected chi connectivity index (χ4v) is 8.22. The monoisotopic (exact) mass is 730 g/mol. The van der Waals surface area contributed by atoms with Crippen molar-refractivity contribution in [1.29, 1.82) is 0 Å². The molecule has 3 N–H and O–H groups in total. The van der Waals surface area contributed by atoms with Gasteiger partial charge in [-0.2, -0.15) is 4.58 Å². The van der Waals surface area contributed by atoms with Crippen LogP contribution in [0.3, 0.4) is 0 Å². The zero-order chi connectivity index (χ0) is 38.0. The lowest BCUT2D eigenvalue weighted by atomic mass is 9.77. The minimum absolute atomic E-state index is 0.0726. The van der Waals surface area contributed by atoms with Crippen LogP contribution in [-0.4, -0.2) is 78.0 Å². The van der Waals surface area contributed by atoms with E-state index >= 15 is 0 Å². The molecule has 278 valence electrons. The fraction of sp³-hybridized carbons (Fsp3) is 0.450. The second-order valence-corrected chi connectivity index (χ2v) is 16.3. The molecule has 3 aliphatic rings. The number of benzene rings is 2. The number of carbonyl (C=O) groups excluding carboxylic acids is 2. The van der Waals surface area contributed by atoms with Crippen molar-refractivity contribution < 1.29 is 37.0 Å². The molecule has 0 fully saturated rings. The summed E-state index contributed by atoms with van der Waals surface area (Å²) in [6.07, 6.45) is 7.26. The molecule has 0 aromatic heterocycles. The molecule has 1 amide bonds. The number of allylic oxidation sites excluding steroid dienone is 5. The molecule has 2 aromatic carbocycles. The average Bonchev–Trinajstić information content (AvgIpc) is 3.41. The van der Waals surface area contributed by atoms with Crippen molar-refractivity contribution in [2.24, 2.45) is 0 Å². The smallest absolute Gasteiger partial charge is 0.303 e. The minimum atomic E-state index is -4.89. The van der Waals surface area contributed by atoms with Gasteiger partial charge in [0.05, 0.1) is 32.6 Å². The Hall–Kier alpha value is -4.55. The molecule has 2 aliphatic heterocycles. The van der Waals surface area contributed by atoms with E-state index in [1.54, 1.807) is 6.08 Å². The Kier molecular flexibility index (Phi) is 11.3. The molecule has 0 radical (unpaired) electrons. The van der Waals surface area contributed by atoms with Gasteiger partial charge in [0.15, 0.2) is 11.5 Å². The molecule has 0 saturated carbocycles. The lowest BCUT2D eigenvalue weighted by molar-refractivity contribution is -0.401. The number of carboxylic acid groups (broad SMARTS) is 1. The zero-order valence-electron chi connectivity index (χ0n) is 30.9. The summed E-state index contributed by atoms with van der Waals surface area (Å²) in [6, 6.07) is 14.6. The first-order chi connectivity index (χ1) is 24.5. The highest BCUT2D eigenvalue weighted by Gasteiger charge is 2.46. The Bertz CT molecular complexity index is 2010. The summed E-state index contributed by atoms with van der Waals surface area (Å²) < 4.78 is 38.4. The largest absolute Gasteiger partial charge is 0.748 e. The van der Waals surface area contributed by atoms with Crippen LogP contribution < -0.4 is 15.5 Å². The highest BCUT2D eigenvalue weighted by molar-refractivity contribution is 7.85. The van der Waals surface area contributed by atoms with Gasteiger partial charge in [-0.3, -0.25) is 14.4 Å². The number of Topliss-reactive ketones (excluding diaryl/α,β-unsaturated/α-hetero) is 1. The van der Waals surface area contributed by atoms with E-state index in [0.717, 1.165) is 59.7 Å². The first-order valence-electron chi connectivity index (χ1n) is 18.0. The Labute approximate surface area is 306 Å². The van der Waals surface area contributed by atoms with Crippen LogP contribution in [0.1, 0.15) is 84.3 Å². The molecular weight excluding hydrogens is 681 g/mol. The van der Waals surface area contributed by atoms with Crippen molar-refractivity contribution in [1.82, 2.24) is 10.6 Å². The van der Waals surface area contributed by atoms with Gasteiger partial charge in [-0.15, -0.1) is 0 Å². The molecule has 2 heterocycles. The Morgan fingerprint density at radius 3 is 2.29 bits per heavy atom. The first-order valence-corrected chi connectivity index (χ1v) is 19.6. The molecule has 1 unspecified atom stereocenters. The average molecular weight is 731 g/mol. The highest BCUT2D eigenvalue weighted by atomic mass is 32.2. The lowest BCUT2D eigenvalue weighted by Crippen LogP contribution is -2.50. The number of ketones is 1. The first kappa shape index (κ1) is 38.7. The van der Waals surface area contributed by atoms with Gasteiger partial charge in [0.1, 0.15) is 13.1 Å². The van der Waals surface area contributed by atoms with E-state index < -0.39 is 44.6 Å². The van der Waals surface area contributed by atoms with Crippen molar-refractivity contribution in [3.63, 3.8) is 0 Å². The molecule has 1 atom stereocenters. The number of nitrogens with one attached hydrogen (secondary N) is 2. The fourth-order valence-electron chi connectivity index (χ4n) is 7.58. The molecule has 52 heavy (non-hydrogen) atoms. The summed E-state index contributed by atoms with van der Waals surface area (Å²) in [5, 5.41) is 14.6. The van der Waals surface area contributed by atoms with E-state index in [-0.39, 0.29) is 24.3 Å². The molecule has 11 nitrogen and oxygen atoms in total. The number of nitrogens with zero attached hydrogens (tertiary/aromatic N) is 2. The third-order valence-corrected chi connectivity index (χ3v) is 11.2. The summed E-state index contributed by atoms with van der Waals surface area (Å²) in [5.41, 5.74) is 5.92. The van der Waals surface area contributed by atoms with Gasteiger partial charge in [0, 0.05) is 59.6 Å². The van der Waals surface area contributed by atoms with Crippen LogP contribution in [0.5, 0.6) is 0 Å². The van der Waals surface area contributed by atoms with Crippen molar-refractivity contribution in [2.45, 2.75) is 90.0 Å². The molecular formula is C40H50N4O7S. The number of anilines is 1. The number of hydrogen-bond acceptors (Lipinski definition) is 8. The van der Waals surface area contributed by atoms with E-state index in [2.05, 4.69) is 62.3 Å². The molecule has 1 aliphatic carbocycles. The van der Waals surface area contributed by atoms with Crippen LogP contribution in [0, 0.1) is 0 Å². The number of hydrogen-bond donors (Lipinski definition) is 3. The second kappa shape index (κ2) is 15.2. The number of fused-ring (bicyclic) bond motifs is 2. The van der Waals surface area contributed by atoms with Crippen LogP contribution in [-0.2, 0) is 35.3 Å². The van der Waals surface area contributed by atoms with Crippen molar-refractivity contribution >= 4 is 44.9 Å². The van der Waals surface area contributed by atoms with E-state index in [4.69, 9.17) is 5.11 Å². The molecule has 0 saturated heterocycles. The molecule has 2 aromatic rings. The van der Waals surface area contributed by atoms with Gasteiger partial charge in [0.25, 0.3) is 0 Å². The lowest BCUT2D eigenvalue weighted by Gasteiger charge is -2.33. The predicted molar refractivity (Wildman–Crippen MR) is 201 cm³/mol. The van der Waals surface area contributed by atoms with Gasteiger partial charge in [0.2, 0.25) is 11.6 Å². The Morgan fingerprint density at radius 2 is 1.63 bits per heavy atom. The molecule has 5 rings (SSSR count). The number of unbranched alkanes of at least 4 members (excludes halogenated alkanes) is 3. The maximum atomic E-state index is 14.3. The number of para-hydroxylation sites is 2. The standard InChI is InChI=1S/C40H50N4O7S/c1-7-8-15-22-44-32-19-12-10-17-29(32)40(4,5)34(44)24-27-36(42-30(25-52(49,50)51)38(48)41-21-14-13-20-35(45)46)26(37(27)47)23-33-39(2,3)28-16-9-11-18-31(28)43(33)6/h9-12,16-19,23-24,30H,7-8,13-15,20-22,25H2,1-6H3,(H3-,41,42,45,46,47,48,49,50,51). The maximum Gasteiger partial charge on any atom is 0.303 e. The van der Waals surface area contributed by atoms with Crippen LogP contribution >= 0.6 is 0 Å². The molecule has 0 bridgehead atoms. The summed E-state index contributed by atoms with van der Waals surface area (Å²) in [6.45, 7) is 11.3. The van der Waals surface area contributed by atoms with Crippen LogP contribution in [0.15, 0.2) is 83.2 Å². The van der Waals surface area contributed by atoms with Crippen molar-refractivity contribution in [3.05, 3.63) is 94.4 Å². The number of aliphatic carboxylic acids is 1. The predicted octanol–water partition coefficient (Wildman–Crippen LogP) is 5.20. The second-order valence-electron chi connectivity index (χ2n) is 14.9. The van der Waals surface area contributed by atoms with Gasteiger partial charge < -0.3 is 25.2 Å². The molecule has 12 heteroatoms. The number of amides is 1. The van der Waals surface area contributed by atoms with Crippen LogP contribution in [0.25, 0.3) is 0 Å². The summed E-state index contributed by atoms with van der Waals surface area (Å²) in [5.74, 6) is -3.00. The normalized spacial score (nSPS) is 19.5. The zero-order valence-corrected chi connectivity index (χ0v) is 31.7. The summed E-state index contributed by atoms with van der Waals surface area (Å²) >= 11 is 0. The van der Waals surface area contributed by atoms with Crippen LogP contribution in [0.4, 0.5) is 11.4 Å². The Morgan fingerprint density at radius 1 is 0.962 bits per heavy atom. The third kappa shape index (κ3) is 7.78. The minimum Gasteiger partial charge on any atom is -0.748 e. The summed E-state index contributed by atoms with van der Waals surface area (Å²) in [4.78, 5) is 41.0. The van der Waals surface area contributed by atoms with Crippen LogP contribution in [0.2, 0.25) is 0 Å². The van der Waals surface area contributed by atoms with Crippen molar-refractivity contribution in [3.8, 4) is 0 Å². The number of rotatable bonds is 16. The maximum absolute atomic E-state index is 14.3. The van der Waals surface area contributed by atoms with Gasteiger partial charge in [-0.05, 0) is 50.8 Å². The van der Waals surface area contributed by atoms with E-state index in [0.29, 0.717) is 24.1 Å².